The van der Waals surface area contributed by atoms with Crippen LogP contribution in [-0.4, -0.2) is 47.1 Å². The predicted octanol–water partition coefficient (Wildman–Crippen LogP) is -0.858. The largest absolute Gasteiger partial charge is 0.395 e. The van der Waals surface area contributed by atoms with Crippen molar-refractivity contribution in [3.8, 4) is 0 Å². The maximum Gasteiger partial charge on any atom is 0.122 e. The zero-order chi connectivity index (χ0) is 8.27. The molecule has 1 unspecified atom stereocenters. The fourth-order valence-electron chi connectivity index (χ4n) is 1.45. The molecule has 0 radical (unpaired) electrons. The fraction of sp³-hybridized carbons (Fsp3) is 1.00. The van der Waals surface area contributed by atoms with Gasteiger partial charge < -0.3 is 15.9 Å². The summed E-state index contributed by atoms with van der Waals surface area (Å²) < 4.78 is 0. The molecule has 0 spiro atoms. The molecule has 1 fully saturated rings. The first-order chi connectivity index (χ1) is 5.25. The molecule has 0 aromatic carbocycles. The number of nitrogens with two attached hydrogens (primary N) is 1. The first-order valence-electron chi connectivity index (χ1n) is 4.04. The van der Waals surface area contributed by atoms with Crippen molar-refractivity contribution < 1.29 is 10.2 Å². The number of halogens is 1. The average Bonchev–Trinajstić information content (AvgIpc) is 1.99. The Morgan fingerprint density at radius 2 is 2.17 bits per heavy atom. The topological polar surface area (TPSA) is 69.7 Å². The number of β-amino-alcohol motifs (C(OH)–C–C–N with tert-alkyl or cyclic N) is 1. The molecule has 1 heterocycles. The van der Waals surface area contributed by atoms with Gasteiger partial charge in [-0.15, -0.1) is 12.4 Å². The summed E-state index contributed by atoms with van der Waals surface area (Å²) in [7, 11) is 0. The second-order valence-corrected chi connectivity index (χ2v) is 2.98. The van der Waals surface area contributed by atoms with Crippen LogP contribution in [-0.2, 0) is 0 Å². The minimum absolute atomic E-state index is 0. The summed E-state index contributed by atoms with van der Waals surface area (Å²) in [5.74, 6) is 0. The molecular formula is C7H17ClN2O2. The van der Waals surface area contributed by atoms with E-state index >= 15 is 0 Å². The molecule has 0 aliphatic carbocycles. The van der Waals surface area contributed by atoms with Crippen LogP contribution in [0.15, 0.2) is 0 Å². The molecule has 1 saturated heterocycles. The molecule has 4 N–H and O–H groups in total. The van der Waals surface area contributed by atoms with Gasteiger partial charge in [0.2, 0.25) is 0 Å². The standard InChI is InChI=1S/C7H16N2O2.ClH/c8-6-2-1-3-9(4-5-10)7(6)11;/h6-7,10-11H,1-5,8H2;1H/t6-,7?;/m0./s1. The molecule has 5 heteroatoms. The Hall–Kier alpha value is 0.130. The van der Waals surface area contributed by atoms with Crippen molar-refractivity contribution in [1.82, 2.24) is 4.90 Å². The monoisotopic (exact) mass is 196 g/mol. The van der Waals surface area contributed by atoms with Gasteiger partial charge in [-0.25, -0.2) is 0 Å². The van der Waals surface area contributed by atoms with E-state index in [9.17, 15) is 5.11 Å². The molecule has 2 atom stereocenters. The van der Waals surface area contributed by atoms with Crippen LogP contribution in [0.5, 0.6) is 0 Å². The Balaban J connectivity index is 0.00000121. The van der Waals surface area contributed by atoms with Gasteiger partial charge in [-0.3, -0.25) is 4.90 Å². The molecule has 12 heavy (non-hydrogen) atoms. The quantitative estimate of drug-likeness (QED) is 0.538. The third kappa shape index (κ3) is 2.88. The van der Waals surface area contributed by atoms with Crippen LogP contribution in [0.2, 0.25) is 0 Å². The number of likely N-dealkylation sites (tertiary alicyclic amines) is 1. The normalized spacial score (nSPS) is 31.2. The average molecular weight is 197 g/mol. The van der Waals surface area contributed by atoms with Gasteiger partial charge in [0.25, 0.3) is 0 Å². The molecule has 0 bridgehead atoms. The minimum Gasteiger partial charge on any atom is -0.395 e. The number of hydrogen-bond donors (Lipinski definition) is 3. The number of aliphatic hydroxyl groups is 2. The highest BCUT2D eigenvalue weighted by Crippen LogP contribution is 2.12. The number of hydrogen-bond acceptors (Lipinski definition) is 4. The SMILES string of the molecule is Cl.N[C@H]1CCCN(CCO)C1O. The number of piperidine rings is 1. The summed E-state index contributed by atoms with van der Waals surface area (Å²) in [5.41, 5.74) is 5.63. The van der Waals surface area contributed by atoms with Crippen molar-refractivity contribution in [3.63, 3.8) is 0 Å². The third-order valence-electron chi connectivity index (χ3n) is 2.13. The van der Waals surface area contributed by atoms with Crippen molar-refractivity contribution in [2.24, 2.45) is 5.73 Å². The molecule has 1 aliphatic heterocycles. The lowest BCUT2D eigenvalue weighted by Crippen LogP contribution is -2.52. The van der Waals surface area contributed by atoms with Gasteiger partial charge in [0.15, 0.2) is 0 Å². The van der Waals surface area contributed by atoms with E-state index in [1.807, 2.05) is 4.90 Å². The molecule has 0 saturated carbocycles. The smallest absolute Gasteiger partial charge is 0.122 e. The van der Waals surface area contributed by atoms with E-state index in [-0.39, 0.29) is 25.1 Å². The second kappa shape index (κ2) is 5.72. The first-order valence-corrected chi connectivity index (χ1v) is 4.04. The van der Waals surface area contributed by atoms with Crippen molar-refractivity contribution in [3.05, 3.63) is 0 Å². The Bertz CT molecular complexity index is 124. The van der Waals surface area contributed by atoms with E-state index in [4.69, 9.17) is 10.8 Å². The van der Waals surface area contributed by atoms with Crippen LogP contribution in [0, 0.1) is 0 Å². The van der Waals surface area contributed by atoms with Crippen LogP contribution in [0.25, 0.3) is 0 Å². The number of rotatable bonds is 2. The van der Waals surface area contributed by atoms with E-state index in [1.165, 1.54) is 0 Å². The van der Waals surface area contributed by atoms with E-state index in [1.54, 1.807) is 0 Å². The summed E-state index contributed by atoms with van der Waals surface area (Å²) >= 11 is 0. The molecule has 0 amide bonds. The minimum atomic E-state index is -0.559. The van der Waals surface area contributed by atoms with Crippen LogP contribution >= 0.6 is 12.4 Å². The molecule has 74 valence electrons. The summed E-state index contributed by atoms with van der Waals surface area (Å²) in [6.45, 7) is 1.45. The Morgan fingerprint density at radius 1 is 1.50 bits per heavy atom. The van der Waals surface area contributed by atoms with E-state index in [0.29, 0.717) is 6.54 Å². The van der Waals surface area contributed by atoms with Crippen LogP contribution in [0.4, 0.5) is 0 Å². The lowest BCUT2D eigenvalue weighted by atomic mass is 10.1. The van der Waals surface area contributed by atoms with E-state index < -0.39 is 6.23 Å². The van der Waals surface area contributed by atoms with Crippen LogP contribution in [0.1, 0.15) is 12.8 Å². The Kier molecular flexibility index (Phi) is 5.78. The molecule has 0 aromatic rings. The maximum absolute atomic E-state index is 9.46. The third-order valence-corrected chi connectivity index (χ3v) is 2.13. The van der Waals surface area contributed by atoms with Gasteiger partial charge in [0, 0.05) is 19.1 Å². The maximum atomic E-state index is 9.46. The second-order valence-electron chi connectivity index (χ2n) is 2.98. The number of nitrogens with zero attached hydrogens (tertiary/aromatic N) is 1. The van der Waals surface area contributed by atoms with Gasteiger partial charge in [0.1, 0.15) is 6.23 Å². The van der Waals surface area contributed by atoms with Gasteiger partial charge in [-0.1, -0.05) is 0 Å². The zero-order valence-electron chi connectivity index (χ0n) is 7.02. The highest BCUT2D eigenvalue weighted by atomic mass is 35.5. The summed E-state index contributed by atoms with van der Waals surface area (Å²) in [6.07, 6.45) is 1.33. The van der Waals surface area contributed by atoms with Gasteiger partial charge in [0.05, 0.1) is 6.61 Å². The highest BCUT2D eigenvalue weighted by molar-refractivity contribution is 5.85. The fourth-order valence-corrected chi connectivity index (χ4v) is 1.45. The van der Waals surface area contributed by atoms with Crippen molar-refractivity contribution in [2.45, 2.75) is 25.1 Å². The lowest BCUT2D eigenvalue weighted by molar-refractivity contribution is -0.0443. The lowest BCUT2D eigenvalue weighted by Gasteiger charge is -2.35. The Labute approximate surface area is 78.8 Å². The highest BCUT2D eigenvalue weighted by Gasteiger charge is 2.25. The molecular weight excluding hydrogens is 180 g/mol. The van der Waals surface area contributed by atoms with E-state index in [0.717, 1.165) is 19.4 Å². The van der Waals surface area contributed by atoms with Crippen molar-refractivity contribution >= 4 is 12.4 Å². The van der Waals surface area contributed by atoms with Gasteiger partial charge in [-0.2, -0.15) is 0 Å². The van der Waals surface area contributed by atoms with Crippen LogP contribution < -0.4 is 5.73 Å². The Morgan fingerprint density at radius 3 is 2.75 bits per heavy atom. The molecule has 4 nitrogen and oxygen atoms in total. The van der Waals surface area contributed by atoms with Crippen LogP contribution in [0.3, 0.4) is 0 Å². The van der Waals surface area contributed by atoms with E-state index in [2.05, 4.69) is 0 Å². The van der Waals surface area contributed by atoms with Gasteiger partial charge >= 0.3 is 0 Å². The van der Waals surface area contributed by atoms with Crippen molar-refractivity contribution in [1.29, 1.82) is 0 Å². The summed E-state index contributed by atoms with van der Waals surface area (Å²) in [5, 5.41) is 18.1. The molecule has 1 aliphatic rings. The van der Waals surface area contributed by atoms with Gasteiger partial charge in [-0.05, 0) is 12.8 Å². The first kappa shape index (κ1) is 12.1. The molecule has 0 aromatic heterocycles. The molecule has 1 rings (SSSR count). The summed E-state index contributed by atoms with van der Waals surface area (Å²) in [6, 6.07) is -0.143. The summed E-state index contributed by atoms with van der Waals surface area (Å²) in [4.78, 5) is 1.81. The number of aliphatic hydroxyl groups excluding tert-OH is 2. The zero-order valence-corrected chi connectivity index (χ0v) is 7.83. The predicted molar refractivity (Wildman–Crippen MR) is 49.1 cm³/mol. The van der Waals surface area contributed by atoms with Crippen molar-refractivity contribution in [2.75, 3.05) is 19.7 Å².